The van der Waals surface area contributed by atoms with Gasteiger partial charge in [-0.25, -0.2) is 4.98 Å². The molecule has 0 bridgehead atoms. The summed E-state index contributed by atoms with van der Waals surface area (Å²) in [5, 5.41) is 10.7. The molecule has 0 fully saturated rings. The van der Waals surface area contributed by atoms with Crippen LogP contribution in [0.3, 0.4) is 0 Å². The number of hydrogen-bond donors (Lipinski definition) is 0. The first-order valence-electron chi connectivity index (χ1n) is 6.45. The fourth-order valence-corrected chi connectivity index (χ4v) is 2.01. The second kappa shape index (κ2) is 5.24. The van der Waals surface area contributed by atoms with E-state index in [1.807, 2.05) is 31.2 Å². The van der Waals surface area contributed by atoms with Crippen molar-refractivity contribution in [2.45, 2.75) is 6.92 Å². The van der Waals surface area contributed by atoms with Gasteiger partial charge < -0.3 is 9.15 Å². The smallest absolute Gasteiger partial charge is 0.273 e. The molecule has 3 rings (SSSR count). The van der Waals surface area contributed by atoms with E-state index in [1.54, 1.807) is 6.07 Å². The van der Waals surface area contributed by atoms with Crippen LogP contribution < -0.4 is 4.74 Å². The predicted molar refractivity (Wildman–Crippen MR) is 77.3 cm³/mol. The number of ether oxygens (including phenoxy) is 1. The normalized spacial score (nSPS) is 10.7. The fraction of sp³-hybridized carbons (Fsp3) is 0.133. The maximum absolute atomic E-state index is 10.7. The van der Waals surface area contributed by atoms with Gasteiger partial charge in [0.05, 0.1) is 17.6 Å². The van der Waals surface area contributed by atoms with Gasteiger partial charge in [0.15, 0.2) is 5.58 Å². The van der Waals surface area contributed by atoms with Crippen LogP contribution in [0.25, 0.3) is 22.6 Å². The lowest BCUT2D eigenvalue weighted by atomic mass is 10.2. The fourth-order valence-electron chi connectivity index (χ4n) is 2.01. The van der Waals surface area contributed by atoms with Crippen LogP contribution in [-0.4, -0.2) is 16.5 Å². The van der Waals surface area contributed by atoms with Gasteiger partial charge in [0.25, 0.3) is 5.69 Å². The summed E-state index contributed by atoms with van der Waals surface area (Å²) in [6.45, 7) is 2.52. The summed E-state index contributed by atoms with van der Waals surface area (Å²) < 4.78 is 11.0. The Morgan fingerprint density at radius 2 is 2.00 bits per heavy atom. The zero-order valence-corrected chi connectivity index (χ0v) is 11.3. The summed E-state index contributed by atoms with van der Waals surface area (Å²) in [7, 11) is 0. The highest BCUT2D eigenvalue weighted by Crippen LogP contribution is 2.28. The van der Waals surface area contributed by atoms with Crippen molar-refractivity contribution in [3.05, 3.63) is 52.6 Å². The zero-order valence-electron chi connectivity index (χ0n) is 11.3. The van der Waals surface area contributed by atoms with Crippen LogP contribution in [0.4, 0.5) is 5.69 Å². The Balaban J connectivity index is 1.98. The molecule has 6 nitrogen and oxygen atoms in total. The Kier molecular flexibility index (Phi) is 3.27. The van der Waals surface area contributed by atoms with Crippen LogP contribution in [0.15, 0.2) is 46.9 Å². The van der Waals surface area contributed by atoms with E-state index in [-0.39, 0.29) is 5.69 Å². The lowest BCUT2D eigenvalue weighted by Crippen LogP contribution is -1.90. The first kappa shape index (κ1) is 13.1. The van der Waals surface area contributed by atoms with Crippen molar-refractivity contribution >= 4 is 16.8 Å². The van der Waals surface area contributed by atoms with Gasteiger partial charge in [-0.2, -0.15) is 0 Å². The first-order valence-corrected chi connectivity index (χ1v) is 6.45. The van der Waals surface area contributed by atoms with Crippen LogP contribution >= 0.6 is 0 Å². The summed E-state index contributed by atoms with van der Waals surface area (Å²) >= 11 is 0. The molecule has 0 aliphatic carbocycles. The molecule has 0 radical (unpaired) electrons. The molecule has 0 N–H and O–H groups in total. The number of nitrogens with zero attached hydrogens (tertiary/aromatic N) is 2. The first-order chi connectivity index (χ1) is 10.2. The Labute approximate surface area is 120 Å². The van der Waals surface area contributed by atoms with E-state index in [2.05, 4.69) is 4.98 Å². The van der Waals surface area contributed by atoms with E-state index < -0.39 is 4.92 Å². The van der Waals surface area contributed by atoms with E-state index in [1.165, 1.54) is 12.1 Å². The van der Waals surface area contributed by atoms with E-state index >= 15 is 0 Å². The van der Waals surface area contributed by atoms with Crippen LogP contribution in [0, 0.1) is 10.1 Å². The number of oxazole rings is 1. The van der Waals surface area contributed by atoms with Crippen molar-refractivity contribution in [2.24, 2.45) is 0 Å². The summed E-state index contributed by atoms with van der Waals surface area (Å²) in [5.74, 6) is 1.20. The number of hydrogen-bond acceptors (Lipinski definition) is 5. The quantitative estimate of drug-likeness (QED) is 0.537. The van der Waals surface area contributed by atoms with Crippen molar-refractivity contribution in [1.82, 2.24) is 4.98 Å². The standard InChI is InChI=1S/C15H12N2O4/c1-2-20-12-6-3-10(4-7-12)15-16-13-8-5-11(17(18)19)9-14(13)21-15/h3-9H,2H2,1H3. The molecule has 106 valence electrons. The van der Waals surface area contributed by atoms with Gasteiger partial charge in [0.2, 0.25) is 5.89 Å². The molecule has 6 heteroatoms. The molecule has 2 aromatic carbocycles. The Morgan fingerprint density at radius 3 is 2.67 bits per heavy atom. The Morgan fingerprint density at radius 1 is 1.24 bits per heavy atom. The van der Waals surface area contributed by atoms with E-state index in [0.29, 0.717) is 23.6 Å². The average molecular weight is 284 g/mol. The van der Waals surface area contributed by atoms with Gasteiger partial charge >= 0.3 is 0 Å². The van der Waals surface area contributed by atoms with Gasteiger partial charge in [-0.15, -0.1) is 0 Å². The highest BCUT2D eigenvalue weighted by Gasteiger charge is 2.12. The topological polar surface area (TPSA) is 78.4 Å². The molecule has 0 aliphatic rings. The van der Waals surface area contributed by atoms with Gasteiger partial charge in [0.1, 0.15) is 11.3 Å². The van der Waals surface area contributed by atoms with E-state index in [9.17, 15) is 10.1 Å². The molecule has 0 atom stereocenters. The van der Waals surface area contributed by atoms with Crippen LogP contribution in [0.2, 0.25) is 0 Å². The van der Waals surface area contributed by atoms with Crippen molar-refractivity contribution in [3.63, 3.8) is 0 Å². The van der Waals surface area contributed by atoms with Gasteiger partial charge in [-0.1, -0.05) is 0 Å². The summed E-state index contributed by atoms with van der Waals surface area (Å²) in [6.07, 6.45) is 0. The highest BCUT2D eigenvalue weighted by molar-refractivity contribution is 5.78. The monoisotopic (exact) mass is 284 g/mol. The molecule has 0 aliphatic heterocycles. The zero-order chi connectivity index (χ0) is 14.8. The lowest BCUT2D eigenvalue weighted by molar-refractivity contribution is -0.384. The third kappa shape index (κ3) is 2.55. The third-order valence-corrected chi connectivity index (χ3v) is 3.00. The van der Waals surface area contributed by atoms with E-state index in [4.69, 9.17) is 9.15 Å². The van der Waals surface area contributed by atoms with Gasteiger partial charge in [-0.3, -0.25) is 10.1 Å². The minimum atomic E-state index is -0.460. The number of non-ortho nitro benzene ring substituents is 1. The maximum Gasteiger partial charge on any atom is 0.273 e. The minimum Gasteiger partial charge on any atom is -0.494 e. The highest BCUT2D eigenvalue weighted by atomic mass is 16.6. The number of benzene rings is 2. The van der Waals surface area contributed by atoms with Crippen LogP contribution in [-0.2, 0) is 0 Å². The molecule has 0 unspecified atom stereocenters. The maximum atomic E-state index is 10.7. The second-order valence-corrected chi connectivity index (χ2v) is 4.39. The number of nitro benzene ring substituents is 1. The van der Waals surface area contributed by atoms with Gasteiger partial charge in [0, 0.05) is 11.6 Å². The van der Waals surface area contributed by atoms with Crippen molar-refractivity contribution in [1.29, 1.82) is 0 Å². The predicted octanol–water partition coefficient (Wildman–Crippen LogP) is 3.80. The summed E-state index contributed by atoms with van der Waals surface area (Å²) in [4.78, 5) is 14.6. The van der Waals surface area contributed by atoms with Crippen molar-refractivity contribution in [3.8, 4) is 17.2 Å². The Bertz CT molecular complexity index is 793. The van der Waals surface area contributed by atoms with Crippen LogP contribution in [0.5, 0.6) is 5.75 Å². The number of fused-ring (bicyclic) bond motifs is 1. The summed E-state index contributed by atoms with van der Waals surface area (Å²) in [6, 6.07) is 11.7. The Hall–Kier alpha value is -2.89. The SMILES string of the molecule is CCOc1ccc(-c2nc3ccc([N+](=O)[O-])cc3o2)cc1. The molecule has 1 heterocycles. The molecule has 0 amide bonds. The molecule has 0 saturated carbocycles. The molecule has 0 spiro atoms. The van der Waals surface area contributed by atoms with Crippen LogP contribution in [0.1, 0.15) is 6.92 Å². The third-order valence-electron chi connectivity index (χ3n) is 3.00. The molecule has 21 heavy (non-hydrogen) atoms. The molecule has 0 saturated heterocycles. The number of rotatable bonds is 4. The number of aromatic nitrogens is 1. The van der Waals surface area contributed by atoms with Gasteiger partial charge in [-0.05, 0) is 37.3 Å². The summed E-state index contributed by atoms with van der Waals surface area (Å²) in [5.41, 5.74) is 1.76. The lowest BCUT2D eigenvalue weighted by Gasteiger charge is -2.02. The second-order valence-electron chi connectivity index (χ2n) is 4.39. The largest absolute Gasteiger partial charge is 0.494 e. The minimum absolute atomic E-state index is 0.0168. The van der Waals surface area contributed by atoms with Crippen molar-refractivity contribution < 1.29 is 14.1 Å². The molecular formula is C15H12N2O4. The van der Waals surface area contributed by atoms with E-state index in [0.717, 1.165) is 11.3 Å². The van der Waals surface area contributed by atoms with Crippen molar-refractivity contribution in [2.75, 3.05) is 6.61 Å². The number of nitro groups is 1. The average Bonchev–Trinajstić information content (AvgIpc) is 2.91. The molecule has 1 aromatic heterocycles. The molecule has 3 aromatic rings. The molecular weight excluding hydrogens is 272 g/mol.